The van der Waals surface area contributed by atoms with Gasteiger partial charge in [-0.25, -0.2) is 4.98 Å². The number of aromatic nitrogens is 1. The molecule has 0 radical (unpaired) electrons. The van der Waals surface area contributed by atoms with Gasteiger partial charge in [0.2, 0.25) is 0 Å². The molecule has 0 amide bonds. The van der Waals surface area contributed by atoms with Crippen LogP contribution < -0.4 is 10.2 Å². The number of hydrogen-bond acceptors (Lipinski definition) is 6. The normalized spacial score (nSPS) is 25.3. The number of anilines is 2. The van der Waals surface area contributed by atoms with Crippen LogP contribution in [0.2, 0.25) is 0 Å². The first-order valence-electron chi connectivity index (χ1n) is 11.7. The Morgan fingerprint density at radius 3 is 2.76 bits per heavy atom. The van der Waals surface area contributed by atoms with E-state index in [0.717, 1.165) is 46.8 Å². The summed E-state index contributed by atoms with van der Waals surface area (Å²) in [6, 6.07) is 12.6. The van der Waals surface area contributed by atoms with Gasteiger partial charge in [0.25, 0.3) is 0 Å². The second kappa shape index (κ2) is 7.65. The Bertz CT molecular complexity index is 1220. The van der Waals surface area contributed by atoms with Crippen LogP contribution in [0.4, 0.5) is 11.5 Å². The van der Waals surface area contributed by atoms with Crippen LogP contribution in [0.15, 0.2) is 75.9 Å². The molecule has 0 fully saturated rings. The smallest absolute Gasteiger partial charge is 0.164 e. The Morgan fingerprint density at radius 1 is 1.18 bits per heavy atom. The molecule has 2 aliphatic heterocycles. The molecule has 2 unspecified atom stereocenters. The molecule has 2 aromatic rings. The van der Waals surface area contributed by atoms with E-state index in [2.05, 4.69) is 83.5 Å². The summed E-state index contributed by atoms with van der Waals surface area (Å²) in [4.78, 5) is 20.3. The fraction of sp³-hybridized carbons (Fsp3) is 0.407. The largest absolute Gasteiger partial charge is 0.362 e. The molecule has 3 aliphatic rings. The molecule has 6 heteroatoms. The number of benzene rings is 1. The average Bonchev–Trinajstić information content (AvgIpc) is 3.25. The van der Waals surface area contributed by atoms with Crippen LogP contribution in [0.3, 0.4) is 0 Å². The van der Waals surface area contributed by atoms with Gasteiger partial charge >= 0.3 is 0 Å². The van der Waals surface area contributed by atoms with E-state index in [4.69, 9.17) is 0 Å². The Hall–Kier alpha value is -3.28. The molecule has 1 aliphatic carbocycles. The molecule has 1 N–H and O–H groups in total. The number of carbonyl (C=O) groups excluding carboxylic acids is 1. The second-order valence-electron chi connectivity index (χ2n) is 10.2. The zero-order chi connectivity index (χ0) is 23.4. The first-order valence-corrected chi connectivity index (χ1v) is 11.7. The molecule has 0 spiro atoms. The van der Waals surface area contributed by atoms with Crippen LogP contribution in [-0.4, -0.2) is 24.0 Å². The number of azo groups is 1. The first-order chi connectivity index (χ1) is 15.7. The van der Waals surface area contributed by atoms with Crippen LogP contribution in [0.5, 0.6) is 0 Å². The topological polar surface area (TPSA) is 70.0 Å². The summed E-state index contributed by atoms with van der Waals surface area (Å²) in [6.45, 7) is 8.56. The van der Waals surface area contributed by atoms with Gasteiger partial charge < -0.3 is 10.2 Å². The number of rotatable bonds is 4. The summed E-state index contributed by atoms with van der Waals surface area (Å²) in [5, 5.41) is 12.3. The van der Waals surface area contributed by atoms with Crippen LogP contribution in [0.1, 0.15) is 51.2 Å². The third kappa shape index (κ3) is 3.39. The predicted octanol–water partition coefficient (Wildman–Crippen LogP) is 5.73. The van der Waals surface area contributed by atoms with Crippen LogP contribution in [0, 0.1) is 12.3 Å². The first kappa shape index (κ1) is 21.6. The fourth-order valence-electron chi connectivity index (χ4n) is 5.71. The van der Waals surface area contributed by atoms with Gasteiger partial charge in [0.1, 0.15) is 5.82 Å². The van der Waals surface area contributed by atoms with Gasteiger partial charge in [0.05, 0.1) is 11.6 Å². The third-order valence-corrected chi connectivity index (χ3v) is 7.28. The molecule has 1 aromatic carbocycles. The molecule has 0 bridgehead atoms. The molecule has 6 nitrogen and oxygen atoms in total. The van der Waals surface area contributed by atoms with Crippen molar-refractivity contribution in [2.45, 2.75) is 58.5 Å². The minimum atomic E-state index is -0.542. The SMILES string of the molecule is CCC1(c2cccc(N(C)c3cc(C)ccn3)c2)C2=CN=NC2NC2=C1C(=O)CC(C)(C)C2. The van der Waals surface area contributed by atoms with Crippen molar-refractivity contribution in [3.05, 3.63) is 76.8 Å². The van der Waals surface area contributed by atoms with Crippen molar-refractivity contribution in [2.75, 3.05) is 11.9 Å². The number of hydrogen-bond donors (Lipinski definition) is 1. The highest BCUT2D eigenvalue weighted by Crippen LogP contribution is 2.54. The van der Waals surface area contributed by atoms with Crippen molar-refractivity contribution in [3.8, 4) is 0 Å². The summed E-state index contributed by atoms with van der Waals surface area (Å²) in [5.41, 5.74) is 5.67. The molecule has 5 rings (SSSR count). The number of allylic oxidation sites excluding steroid dienone is 2. The molecular formula is C27H31N5O. The average molecular weight is 442 g/mol. The van der Waals surface area contributed by atoms with Gasteiger partial charge in [-0.2, -0.15) is 10.2 Å². The van der Waals surface area contributed by atoms with Crippen LogP contribution in [-0.2, 0) is 10.2 Å². The summed E-state index contributed by atoms with van der Waals surface area (Å²) >= 11 is 0. The number of carbonyl (C=O) groups is 1. The monoisotopic (exact) mass is 441 g/mol. The Labute approximate surface area is 195 Å². The lowest BCUT2D eigenvalue weighted by Gasteiger charge is -2.48. The highest BCUT2D eigenvalue weighted by Gasteiger charge is 2.53. The van der Waals surface area contributed by atoms with Gasteiger partial charge in [-0.05, 0) is 60.6 Å². The van der Waals surface area contributed by atoms with Gasteiger partial charge in [-0.3, -0.25) is 4.79 Å². The van der Waals surface area contributed by atoms with Crippen molar-refractivity contribution < 1.29 is 4.79 Å². The second-order valence-corrected chi connectivity index (χ2v) is 10.2. The number of fused-ring (bicyclic) bond motifs is 1. The summed E-state index contributed by atoms with van der Waals surface area (Å²) < 4.78 is 0. The summed E-state index contributed by atoms with van der Waals surface area (Å²) in [5.74, 6) is 1.11. The van der Waals surface area contributed by atoms with Gasteiger partial charge in [0.15, 0.2) is 11.9 Å². The van der Waals surface area contributed by atoms with Crippen molar-refractivity contribution in [1.82, 2.24) is 10.3 Å². The van der Waals surface area contributed by atoms with E-state index in [1.54, 1.807) is 0 Å². The van der Waals surface area contributed by atoms with E-state index >= 15 is 0 Å². The molecule has 0 saturated heterocycles. The predicted molar refractivity (Wildman–Crippen MR) is 130 cm³/mol. The quantitative estimate of drug-likeness (QED) is 0.658. The van der Waals surface area contributed by atoms with E-state index in [1.807, 2.05) is 25.5 Å². The number of nitrogens with zero attached hydrogens (tertiary/aromatic N) is 4. The molecule has 33 heavy (non-hydrogen) atoms. The highest BCUT2D eigenvalue weighted by molar-refractivity contribution is 6.01. The number of pyridine rings is 1. The highest BCUT2D eigenvalue weighted by atomic mass is 16.1. The molecule has 0 saturated carbocycles. The number of aryl methyl sites for hydroxylation is 1. The van der Waals surface area contributed by atoms with Gasteiger partial charge in [-0.1, -0.05) is 32.9 Å². The van der Waals surface area contributed by atoms with E-state index in [-0.39, 0.29) is 17.4 Å². The van der Waals surface area contributed by atoms with E-state index in [0.29, 0.717) is 6.42 Å². The van der Waals surface area contributed by atoms with Gasteiger partial charge in [0, 0.05) is 42.2 Å². The molecule has 3 heterocycles. The minimum absolute atomic E-state index is 0.0712. The van der Waals surface area contributed by atoms with Gasteiger partial charge in [-0.15, -0.1) is 0 Å². The zero-order valence-electron chi connectivity index (χ0n) is 20.0. The summed E-state index contributed by atoms with van der Waals surface area (Å²) in [6.07, 6.45) is 5.63. The van der Waals surface area contributed by atoms with Crippen LogP contribution in [0.25, 0.3) is 0 Å². The third-order valence-electron chi connectivity index (χ3n) is 7.28. The molecular weight excluding hydrogens is 410 g/mol. The Morgan fingerprint density at radius 2 is 2.00 bits per heavy atom. The summed E-state index contributed by atoms with van der Waals surface area (Å²) in [7, 11) is 2.03. The van der Waals surface area contributed by atoms with Crippen molar-refractivity contribution >= 4 is 17.3 Å². The maximum Gasteiger partial charge on any atom is 0.164 e. The van der Waals surface area contributed by atoms with E-state index < -0.39 is 5.41 Å². The van der Waals surface area contributed by atoms with Crippen molar-refractivity contribution in [1.29, 1.82) is 0 Å². The Kier molecular flexibility index (Phi) is 5.00. The Balaban J connectivity index is 1.67. The van der Waals surface area contributed by atoms with Crippen molar-refractivity contribution in [3.63, 3.8) is 0 Å². The maximum absolute atomic E-state index is 13.7. The lowest BCUT2D eigenvalue weighted by atomic mass is 9.59. The van der Waals surface area contributed by atoms with Crippen LogP contribution >= 0.6 is 0 Å². The van der Waals surface area contributed by atoms with E-state index in [1.165, 1.54) is 5.56 Å². The maximum atomic E-state index is 13.7. The lowest BCUT2D eigenvalue weighted by Crippen LogP contribution is -2.51. The van der Waals surface area contributed by atoms with Crippen molar-refractivity contribution in [2.24, 2.45) is 15.6 Å². The fourth-order valence-corrected chi connectivity index (χ4v) is 5.71. The molecule has 170 valence electrons. The number of ketones is 1. The minimum Gasteiger partial charge on any atom is -0.362 e. The lowest BCUT2D eigenvalue weighted by molar-refractivity contribution is -0.119. The van der Waals surface area contributed by atoms with E-state index in [9.17, 15) is 4.79 Å². The number of Topliss-reactive ketones (excluding diaryl/α,β-unsaturated/α-hetero) is 1. The standard InChI is InChI=1S/C27H31N5O/c1-6-27(18-8-7-9-19(13-18)32(5)23-12-17(2)10-11-28-23)20-16-29-31-25(20)30-21-14-26(3,4)15-22(33)24(21)27/h7-13,16,25,30H,6,14-15H2,1-5H3. The molecule has 2 atom stereocenters. The zero-order valence-corrected chi connectivity index (χ0v) is 20.0. The number of nitrogens with one attached hydrogen (secondary N) is 1. The molecule has 1 aromatic heterocycles.